The molecule has 0 heterocycles. The highest BCUT2D eigenvalue weighted by atomic mass is 15.1. The summed E-state index contributed by atoms with van der Waals surface area (Å²) in [6.07, 6.45) is 15.6. The zero-order valence-electron chi connectivity index (χ0n) is 30.9. The zero-order chi connectivity index (χ0) is 36.5. The van der Waals surface area contributed by atoms with E-state index in [1.807, 2.05) is 0 Å². The molecule has 0 radical (unpaired) electrons. The highest BCUT2D eigenvalue weighted by molar-refractivity contribution is 5.88. The number of nitrogens with zero attached hydrogens (tertiary/aromatic N) is 1. The number of hydrogen-bond donors (Lipinski definition) is 0. The maximum Gasteiger partial charge on any atom is 0.0465 e. The van der Waals surface area contributed by atoms with Crippen LogP contribution in [-0.4, -0.2) is 0 Å². The van der Waals surface area contributed by atoms with Crippen molar-refractivity contribution in [2.75, 3.05) is 4.90 Å². The van der Waals surface area contributed by atoms with Gasteiger partial charge >= 0.3 is 0 Å². The first-order chi connectivity index (χ1) is 26.5. The standard InChI is InChI=1S/C53H43N/c1-53(2)51-36-41(23-22-39-14-7-4-8-15-39)26-34-49(51)50-35-33-46(37-52(50)53)54(44-29-24-40(25-30-44)21-20-38-12-5-3-6-13-38)45-31-27-43(28-32-45)48-19-11-17-42-16-9-10-18-47(42)48/h3-8,10-15,17-37H,9,16H2,1-2H3/b21-20+,23-22+. The van der Waals surface area contributed by atoms with Crippen LogP contribution in [0.15, 0.2) is 170 Å². The third kappa shape index (κ3) is 6.44. The summed E-state index contributed by atoms with van der Waals surface area (Å²) in [6.45, 7) is 4.74. The van der Waals surface area contributed by atoms with Crippen molar-refractivity contribution in [3.8, 4) is 22.3 Å². The molecule has 0 atom stereocenters. The molecule has 2 aliphatic rings. The molecule has 2 aliphatic carbocycles. The molecule has 7 aromatic carbocycles. The lowest BCUT2D eigenvalue weighted by Crippen LogP contribution is -2.16. The van der Waals surface area contributed by atoms with E-state index in [9.17, 15) is 0 Å². The number of benzene rings is 7. The van der Waals surface area contributed by atoms with Crippen molar-refractivity contribution in [3.63, 3.8) is 0 Å². The molecule has 0 N–H and O–H groups in total. The van der Waals surface area contributed by atoms with Gasteiger partial charge in [0.05, 0.1) is 0 Å². The highest BCUT2D eigenvalue weighted by Crippen LogP contribution is 2.51. The minimum absolute atomic E-state index is 0.154. The van der Waals surface area contributed by atoms with Gasteiger partial charge in [-0.15, -0.1) is 0 Å². The number of fused-ring (bicyclic) bond motifs is 4. The highest BCUT2D eigenvalue weighted by Gasteiger charge is 2.36. The van der Waals surface area contributed by atoms with Gasteiger partial charge in [0.25, 0.3) is 0 Å². The van der Waals surface area contributed by atoms with Crippen LogP contribution in [-0.2, 0) is 11.8 Å². The predicted molar refractivity (Wildman–Crippen MR) is 232 cm³/mol. The predicted octanol–water partition coefficient (Wildman–Crippen LogP) is 14.4. The first-order valence-electron chi connectivity index (χ1n) is 19.1. The minimum Gasteiger partial charge on any atom is -0.310 e. The Kier molecular flexibility index (Phi) is 8.77. The molecule has 1 nitrogen and oxygen atoms in total. The fourth-order valence-corrected chi connectivity index (χ4v) is 8.19. The summed E-state index contributed by atoms with van der Waals surface area (Å²) in [7, 11) is 0. The average Bonchev–Trinajstić information content (AvgIpc) is 3.45. The van der Waals surface area contributed by atoms with E-state index in [1.54, 1.807) is 0 Å². The Bertz CT molecular complexity index is 2530. The molecular weight excluding hydrogens is 651 g/mol. The molecule has 260 valence electrons. The van der Waals surface area contributed by atoms with Crippen LogP contribution in [0.5, 0.6) is 0 Å². The van der Waals surface area contributed by atoms with E-state index in [0.29, 0.717) is 0 Å². The molecule has 0 spiro atoms. The van der Waals surface area contributed by atoms with Crippen molar-refractivity contribution in [1.82, 2.24) is 0 Å². The summed E-state index contributed by atoms with van der Waals surface area (Å²) in [6, 6.07) is 59.8. The molecule has 1 heteroatoms. The zero-order valence-corrected chi connectivity index (χ0v) is 30.9. The second-order valence-corrected chi connectivity index (χ2v) is 14.9. The van der Waals surface area contributed by atoms with E-state index in [2.05, 4.69) is 219 Å². The number of hydrogen-bond acceptors (Lipinski definition) is 1. The fourth-order valence-electron chi connectivity index (χ4n) is 8.19. The van der Waals surface area contributed by atoms with Crippen LogP contribution in [0.4, 0.5) is 17.1 Å². The van der Waals surface area contributed by atoms with Crippen LogP contribution in [0.3, 0.4) is 0 Å². The van der Waals surface area contributed by atoms with Crippen molar-refractivity contribution in [1.29, 1.82) is 0 Å². The van der Waals surface area contributed by atoms with Gasteiger partial charge in [0.2, 0.25) is 0 Å². The summed E-state index contributed by atoms with van der Waals surface area (Å²) in [5.41, 5.74) is 18.7. The van der Waals surface area contributed by atoms with E-state index in [4.69, 9.17) is 0 Å². The first kappa shape index (κ1) is 33.4. The second kappa shape index (κ2) is 14.2. The van der Waals surface area contributed by atoms with Gasteiger partial charge in [-0.3, -0.25) is 0 Å². The van der Waals surface area contributed by atoms with Gasteiger partial charge in [-0.1, -0.05) is 178 Å². The van der Waals surface area contributed by atoms with E-state index >= 15 is 0 Å². The van der Waals surface area contributed by atoms with Gasteiger partial charge in [0, 0.05) is 22.5 Å². The van der Waals surface area contributed by atoms with Crippen LogP contribution in [0, 0.1) is 0 Å². The van der Waals surface area contributed by atoms with E-state index < -0.39 is 0 Å². The average molecular weight is 694 g/mol. The third-order valence-electron chi connectivity index (χ3n) is 11.1. The quantitative estimate of drug-likeness (QED) is 0.143. The largest absolute Gasteiger partial charge is 0.310 e. The summed E-state index contributed by atoms with van der Waals surface area (Å²) >= 11 is 0. The van der Waals surface area contributed by atoms with Gasteiger partial charge in [0.1, 0.15) is 0 Å². The van der Waals surface area contributed by atoms with E-state index in [-0.39, 0.29) is 5.41 Å². The Morgan fingerprint density at radius 2 is 1.00 bits per heavy atom. The summed E-state index contributed by atoms with van der Waals surface area (Å²) in [4.78, 5) is 2.40. The molecule has 0 aliphatic heterocycles. The molecule has 0 unspecified atom stereocenters. The van der Waals surface area contributed by atoms with Crippen molar-refractivity contribution in [2.24, 2.45) is 0 Å². The molecule has 7 aromatic rings. The van der Waals surface area contributed by atoms with E-state index in [1.165, 1.54) is 66.8 Å². The molecule has 0 amide bonds. The van der Waals surface area contributed by atoms with Gasteiger partial charge in [-0.25, -0.2) is 0 Å². The normalized spacial score (nSPS) is 13.9. The molecule has 9 rings (SSSR count). The summed E-state index contributed by atoms with van der Waals surface area (Å²) < 4.78 is 0. The van der Waals surface area contributed by atoms with Crippen molar-refractivity contribution >= 4 is 47.4 Å². The minimum atomic E-state index is -0.154. The summed E-state index contributed by atoms with van der Waals surface area (Å²) in [5, 5.41) is 0. The number of aryl methyl sites for hydroxylation is 1. The fraction of sp³-hybridized carbons (Fsp3) is 0.0943. The van der Waals surface area contributed by atoms with Crippen LogP contribution in [0.1, 0.15) is 64.8 Å². The van der Waals surface area contributed by atoms with Gasteiger partial charge in [-0.05, 0) is 116 Å². The van der Waals surface area contributed by atoms with Gasteiger partial charge in [-0.2, -0.15) is 0 Å². The van der Waals surface area contributed by atoms with Crippen LogP contribution in [0.25, 0.3) is 52.6 Å². The maximum atomic E-state index is 2.42. The smallest absolute Gasteiger partial charge is 0.0465 e. The Balaban J connectivity index is 1.09. The van der Waals surface area contributed by atoms with Crippen molar-refractivity contribution in [2.45, 2.75) is 32.1 Å². The van der Waals surface area contributed by atoms with Crippen molar-refractivity contribution in [3.05, 3.63) is 214 Å². The van der Waals surface area contributed by atoms with Crippen molar-refractivity contribution < 1.29 is 0 Å². The summed E-state index contributed by atoms with van der Waals surface area (Å²) in [5.74, 6) is 0. The number of rotatable bonds is 8. The lowest BCUT2D eigenvalue weighted by Gasteiger charge is -2.28. The maximum absolute atomic E-state index is 2.42. The van der Waals surface area contributed by atoms with Crippen LogP contribution in [0.2, 0.25) is 0 Å². The Labute approximate surface area is 319 Å². The molecule has 0 aromatic heterocycles. The van der Waals surface area contributed by atoms with Gasteiger partial charge < -0.3 is 4.90 Å². The molecule has 0 saturated carbocycles. The molecule has 0 bridgehead atoms. The number of allylic oxidation sites excluding steroid dienone is 1. The molecule has 0 saturated heterocycles. The van der Waals surface area contributed by atoms with Crippen LogP contribution < -0.4 is 4.90 Å². The Hall–Kier alpha value is -6.44. The monoisotopic (exact) mass is 693 g/mol. The first-order valence-corrected chi connectivity index (χ1v) is 19.1. The molecule has 54 heavy (non-hydrogen) atoms. The lowest BCUT2D eigenvalue weighted by atomic mass is 9.81. The van der Waals surface area contributed by atoms with Crippen LogP contribution >= 0.6 is 0 Å². The Morgan fingerprint density at radius 3 is 1.67 bits per heavy atom. The second-order valence-electron chi connectivity index (χ2n) is 14.9. The number of anilines is 3. The SMILES string of the molecule is CC1(C)c2cc(/C=C/c3ccccc3)ccc2-c2ccc(N(c3ccc(/C=C/c4ccccc4)cc3)c3ccc(-c4cccc5c4C=CCC5)cc3)cc21. The third-order valence-corrected chi connectivity index (χ3v) is 11.1. The van der Waals surface area contributed by atoms with E-state index in [0.717, 1.165) is 29.9 Å². The molecular formula is C53H43N. The topological polar surface area (TPSA) is 3.24 Å². The Morgan fingerprint density at radius 1 is 0.463 bits per heavy atom. The molecule has 0 fully saturated rings. The lowest BCUT2D eigenvalue weighted by molar-refractivity contribution is 0.660. The van der Waals surface area contributed by atoms with Gasteiger partial charge in [0.15, 0.2) is 0 Å².